The van der Waals surface area contributed by atoms with Gasteiger partial charge in [-0.3, -0.25) is 16.0 Å². The largest absolute Gasteiger partial charge is 0.487 e. The lowest BCUT2D eigenvalue weighted by Gasteiger charge is -2.16. The molecular formula is C9H9F4N3O3. The number of hydrogen-bond donors (Lipinski definition) is 2. The summed E-state index contributed by atoms with van der Waals surface area (Å²) in [6.45, 7) is -1.60. The molecule has 0 aromatic heterocycles. The smallest absolute Gasteiger partial charge is 0.340 e. The molecule has 0 aliphatic heterocycles. The van der Waals surface area contributed by atoms with Crippen LogP contribution in [0.25, 0.3) is 0 Å². The number of nitrogens with zero attached hydrogens (tertiary/aromatic N) is 1. The van der Waals surface area contributed by atoms with Crippen molar-refractivity contribution in [3.63, 3.8) is 0 Å². The van der Waals surface area contributed by atoms with E-state index in [1.54, 1.807) is 0 Å². The van der Waals surface area contributed by atoms with Gasteiger partial charge in [-0.25, -0.2) is 8.78 Å². The highest BCUT2D eigenvalue weighted by Crippen LogP contribution is 2.28. The maximum Gasteiger partial charge on any atom is 0.340 e. The molecule has 0 unspecified atom stereocenters. The van der Waals surface area contributed by atoms with Crippen LogP contribution in [0.3, 0.4) is 0 Å². The molecule has 0 saturated heterocycles. The molecule has 6 nitrogen and oxygen atoms in total. The second-order valence-corrected chi connectivity index (χ2v) is 3.47. The lowest BCUT2D eigenvalue weighted by Crippen LogP contribution is -2.33. The third-order valence-electron chi connectivity index (χ3n) is 2.02. The van der Waals surface area contributed by atoms with E-state index < -0.39 is 29.6 Å². The Morgan fingerprint density at radius 2 is 2.05 bits per heavy atom. The molecular weight excluding hydrogens is 274 g/mol. The van der Waals surface area contributed by atoms with Gasteiger partial charge in [0.05, 0.1) is 16.7 Å². The van der Waals surface area contributed by atoms with Gasteiger partial charge in [0.25, 0.3) is 5.69 Å². The van der Waals surface area contributed by atoms with Crippen LogP contribution in [0.2, 0.25) is 0 Å². The van der Waals surface area contributed by atoms with E-state index in [0.717, 1.165) is 18.2 Å². The molecule has 0 atom stereocenters. The number of nitrogens with one attached hydrogen (secondary N) is 1. The van der Waals surface area contributed by atoms with Gasteiger partial charge in [0.15, 0.2) is 6.61 Å². The van der Waals surface area contributed by atoms with E-state index in [2.05, 4.69) is 10.2 Å². The molecule has 0 aliphatic carbocycles. The molecule has 0 bridgehead atoms. The molecule has 1 rings (SSSR count). The number of nitro benzene ring substituents is 1. The highest BCUT2D eigenvalue weighted by atomic mass is 19.3. The van der Waals surface area contributed by atoms with Crippen molar-refractivity contribution in [1.82, 2.24) is 0 Å². The van der Waals surface area contributed by atoms with E-state index in [9.17, 15) is 27.7 Å². The molecule has 19 heavy (non-hydrogen) atoms. The highest BCUT2D eigenvalue weighted by molar-refractivity contribution is 5.55. The highest BCUT2D eigenvalue weighted by Gasteiger charge is 2.41. The predicted octanol–water partition coefficient (Wildman–Crippen LogP) is 2.16. The van der Waals surface area contributed by atoms with Crippen molar-refractivity contribution < 1.29 is 27.2 Å². The van der Waals surface area contributed by atoms with Gasteiger partial charge in [0.1, 0.15) is 5.75 Å². The number of halogens is 4. The van der Waals surface area contributed by atoms with E-state index in [0.29, 0.717) is 0 Å². The van der Waals surface area contributed by atoms with Crippen molar-refractivity contribution in [2.45, 2.75) is 12.3 Å². The third-order valence-corrected chi connectivity index (χ3v) is 2.02. The van der Waals surface area contributed by atoms with Crippen LogP contribution >= 0.6 is 0 Å². The van der Waals surface area contributed by atoms with Gasteiger partial charge in [0, 0.05) is 12.1 Å². The Labute approximate surface area is 104 Å². The number of hydrazine groups is 1. The zero-order chi connectivity index (χ0) is 14.6. The number of nitrogen functional groups attached to an aromatic ring is 1. The molecule has 10 heteroatoms. The summed E-state index contributed by atoms with van der Waals surface area (Å²) >= 11 is 0. The monoisotopic (exact) mass is 283 g/mol. The fourth-order valence-electron chi connectivity index (χ4n) is 1.10. The minimum absolute atomic E-state index is 0.0181. The normalized spacial score (nSPS) is 11.5. The van der Waals surface area contributed by atoms with Crippen molar-refractivity contribution in [3.05, 3.63) is 28.3 Å². The van der Waals surface area contributed by atoms with Gasteiger partial charge in [-0.05, 0) is 0 Å². The number of nitrogens with two attached hydrogens (primary N) is 1. The average Bonchev–Trinajstić information content (AvgIpc) is 2.35. The summed E-state index contributed by atoms with van der Waals surface area (Å²) in [6, 6.07) is 2.91. The molecule has 0 aliphatic rings. The van der Waals surface area contributed by atoms with E-state index in [1.165, 1.54) is 0 Å². The Morgan fingerprint density at radius 1 is 1.42 bits per heavy atom. The molecule has 3 N–H and O–H groups in total. The SMILES string of the molecule is NNc1cc(OCC(F)(F)C(F)F)cc([N+](=O)[O-])c1. The first kappa shape index (κ1) is 15.0. The van der Waals surface area contributed by atoms with Crippen LogP contribution in [-0.2, 0) is 0 Å². The lowest BCUT2D eigenvalue weighted by molar-refractivity contribution is -0.384. The van der Waals surface area contributed by atoms with Gasteiger partial charge in [-0.2, -0.15) is 8.78 Å². The van der Waals surface area contributed by atoms with E-state index >= 15 is 0 Å². The number of non-ortho nitro benzene ring substituents is 1. The van der Waals surface area contributed by atoms with Crippen LogP contribution in [0.4, 0.5) is 28.9 Å². The number of nitro groups is 1. The fourth-order valence-corrected chi connectivity index (χ4v) is 1.10. The van der Waals surface area contributed by atoms with E-state index in [1.807, 2.05) is 0 Å². The Kier molecular flexibility index (Phi) is 4.48. The van der Waals surface area contributed by atoms with Crippen molar-refractivity contribution in [2.24, 2.45) is 5.84 Å². The van der Waals surface area contributed by atoms with Gasteiger partial charge in [0.2, 0.25) is 0 Å². The molecule has 1 aromatic carbocycles. The standard InChI is InChI=1S/C9H9F4N3O3/c10-8(11)9(12,13)4-19-7-2-5(15-14)1-6(3-7)16(17)18/h1-3,8,15H,4,14H2. The minimum Gasteiger partial charge on any atom is -0.487 e. The molecule has 0 amide bonds. The molecule has 106 valence electrons. The minimum atomic E-state index is -4.35. The van der Waals surface area contributed by atoms with Gasteiger partial charge < -0.3 is 10.2 Å². The number of ether oxygens (including phenoxy) is 1. The maximum atomic E-state index is 12.6. The second kappa shape index (κ2) is 5.69. The first-order chi connectivity index (χ1) is 8.76. The molecule has 1 aromatic rings. The summed E-state index contributed by atoms with van der Waals surface area (Å²) in [7, 11) is 0. The number of anilines is 1. The Balaban J connectivity index is 2.89. The van der Waals surface area contributed by atoms with Crippen molar-refractivity contribution >= 4 is 11.4 Å². The van der Waals surface area contributed by atoms with Crippen LogP contribution in [0.15, 0.2) is 18.2 Å². The van der Waals surface area contributed by atoms with Crippen LogP contribution in [0, 0.1) is 10.1 Å². The number of rotatable bonds is 6. The van der Waals surface area contributed by atoms with Gasteiger partial charge >= 0.3 is 12.3 Å². The van der Waals surface area contributed by atoms with Crippen molar-refractivity contribution in [2.75, 3.05) is 12.0 Å². The maximum absolute atomic E-state index is 12.6. The van der Waals surface area contributed by atoms with Gasteiger partial charge in [-0.1, -0.05) is 0 Å². The third kappa shape index (κ3) is 3.95. The number of alkyl halides is 4. The lowest BCUT2D eigenvalue weighted by atomic mass is 10.2. The topological polar surface area (TPSA) is 90.4 Å². The van der Waals surface area contributed by atoms with Gasteiger partial charge in [-0.15, -0.1) is 0 Å². The predicted molar refractivity (Wildman–Crippen MR) is 57.4 cm³/mol. The summed E-state index contributed by atoms with van der Waals surface area (Å²) in [5, 5.41) is 10.5. The average molecular weight is 283 g/mol. The zero-order valence-corrected chi connectivity index (χ0v) is 9.28. The Bertz CT molecular complexity index is 470. The fraction of sp³-hybridized carbons (Fsp3) is 0.333. The summed E-state index contributed by atoms with van der Waals surface area (Å²) in [4.78, 5) is 9.74. The molecule has 0 spiro atoms. The molecule has 0 radical (unpaired) electrons. The Morgan fingerprint density at radius 3 is 2.53 bits per heavy atom. The first-order valence-electron chi connectivity index (χ1n) is 4.81. The Hall–Kier alpha value is -2.10. The van der Waals surface area contributed by atoms with Crippen molar-refractivity contribution in [3.8, 4) is 5.75 Å². The van der Waals surface area contributed by atoms with Crippen LogP contribution < -0.4 is 16.0 Å². The molecule has 0 saturated carbocycles. The van der Waals surface area contributed by atoms with Crippen LogP contribution in [0.5, 0.6) is 5.75 Å². The molecule has 0 heterocycles. The summed E-state index contributed by atoms with van der Waals surface area (Å²) < 4.78 is 53.5. The number of benzene rings is 1. The molecule has 0 fully saturated rings. The van der Waals surface area contributed by atoms with E-state index in [-0.39, 0.29) is 11.4 Å². The quantitative estimate of drug-likeness (QED) is 0.361. The van der Waals surface area contributed by atoms with Crippen LogP contribution in [-0.4, -0.2) is 23.9 Å². The van der Waals surface area contributed by atoms with Crippen molar-refractivity contribution in [1.29, 1.82) is 0 Å². The number of hydrogen-bond acceptors (Lipinski definition) is 5. The second-order valence-electron chi connectivity index (χ2n) is 3.47. The zero-order valence-electron chi connectivity index (χ0n) is 9.28. The first-order valence-corrected chi connectivity index (χ1v) is 4.81. The summed E-state index contributed by atoms with van der Waals surface area (Å²) in [5.41, 5.74) is 1.60. The van der Waals surface area contributed by atoms with Crippen LogP contribution in [0.1, 0.15) is 0 Å². The summed E-state index contributed by atoms with van der Waals surface area (Å²) in [5.74, 6) is 0.303. The van der Waals surface area contributed by atoms with E-state index in [4.69, 9.17) is 5.84 Å². The summed E-state index contributed by atoms with van der Waals surface area (Å²) in [6.07, 6.45) is -3.89.